The molecule has 2 aromatic carbocycles. The van der Waals surface area contributed by atoms with E-state index in [2.05, 4.69) is 5.32 Å². The first kappa shape index (κ1) is 24.9. The molecule has 4 amide bonds. The van der Waals surface area contributed by atoms with Crippen molar-refractivity contribution in [3.05, 3.63) is 70.2 Å². The second kappa shape index (κ2) is 11.0. The number of halogens is 1. The largest absolute Gasteiger partial charge is 0.352 e. The van der Waals surface area contributed by atoms with Crippen molar-refractivity contribution in [2.75, 3.05) is 6.54 Å². The molecule has 4 rings (SSSR count). The van der Waals surface area contributed by atoms with Gasteiger partial charge in [-0.1, -0.05) is 48.7 Å². The summed E-state index contributed by atoms with van der Waals surface area (Å²) in [5.41, 5.74) is 1.65. The Labute approximate surface area is 210 Å². The van der Waals surface area contributed by atoms with E-state index in [9.17, 15) is 19.2 Å². The Hall–Kier alpha value is -3.19. The Morgan fingerprint density at radius 3 is 2.23 bits per heavy atom. The van der Waals surface area contributed by atoms with Crippen molar-refractivity contribution >= 4 is 35.2 Å². The van der Waals surface area contributed by atoms with Gasteiger partial charge in [0.2, 0.25) is 11.8 Å². The van der Waals surface area contributed by atoms with Crippen LogP contribution in [0.25, 0.3) is 0 Å². The summed E-state index contributed by atoms with van der Waals surface area (Å²) < 4.78 is 0. The summed E-state index contributed by atoms with van der Waals surface area (Å²) >= 11 is 6.00. The van der Waals surface area contributed by atoms with Gasteiger partial charge in [-0.15, -0.1) is 0 Å². The molecule has 1 saturated carbocycles. The van der Waals surface area contributed by atoms with Crippen LogP contribution in [0.3, 0.4) is 0 Å². The van der Waals surface area contributed by atoms with Crippen molar-refractivity contribution in [1.82, 2.24) is 15.1 Å². The molecule has 2 aliphatic rings. The molecule has 0 aromatic heterocycles. The SMILES string of the molecule is C[C@H](C(=O)NC1CCCC1)N(Cc1ccc(Cl)cc1)C(=O)CCCN1C(=O)c2ccccc2C1=O. The first-order chi connectivity index (χ1) is 16.8. The van der Waals surface area contributed by atoms with E-state index in [4.69, 9.17) is 11.6 Å². The molecule has 0 unspecified atom stereocenters. The van der Waals surface area contributed by atoms with Crippen LogP contribution in [0.1, 0.15) is 71.7 Å². The highest BCUT2D eigenvalue weighted by Crippen LogP contribution is 2.23. The lowest BCUT2D eigenvalue weighted by molar-refractivity contribution is -0.141. The molecule has 7 nitrogen and oxygen atoms in total. The first-order valence-corrected chi connectivity index (χ1v) is 12.5. The smallest absolute Gasteiger partial charge is 0.261 e. The zero-order chi connectivity index (χ0) is 24.9. The zero-order valence-electron chi connectivity index (χ0n) is 19.8. The molecule has 0 spiro atoms. The summed E-state index contributed by atoms with van der Waals surface area (Å²) in [5.74, 6) is -1.04. The van der Waals surface area contributed by atoms with E-state index in [1.54, 1.807) is 48.2 Å². The van der Waals surface area contributed by atoms with E-state index in [-0.39, 0.29) is 49.2 Å². The summed E-state index contributed by atoms with van der Waals surface area (Å²) in [6.07, 6.45) is 4.56. The Kier molecular flexibility index (Phi) is 7.86. The number of carbonyl (C=O) groups is 4. The van der Waals surface area contributed by atoms with Gasteiger partial charge in [-0.3, -0.25) is 24.1 Å². The van der Waals surface area contributed by atoms with Crippen LogP contribution >= 0.6 is 11.6 Å². The van der Waals surface area contributed by atoms with Crippen molar-refractivity contribution < 1.29 is 19.2 Å². The molecule has 1 N–H and O–H groups in total. The second-order valence-corrected chi connectivity index (χ2v) is 9.66. The number of fused-ring (bicyclic) bond motifs is 1. The third kappa shape index (κ3) is 5.73. The van der Waals surface area contributed by atoms with E-state index in [1.165, 1.54) is 4.90 Å². The quantitative estimate of drug-likeness (QED) is 0.528. The fourth-order valence-corrected chi connectivity index (χ4v) is 4.86. The average Bonchev–Trinajstić information content (AvgIpc) is 3.45. The van der Waals surface area contributed by atoms with Gasteiger partial charge >= 0.3 is 0 Å². The number of amides is 4. The minimum absolute atomic E-state index is 0.113. The number of benzene rings is 2. The monoisotopic (exact) mass is 495 g/mol. The summed E-state index contributed by atoms with van der Waals surface area (Å²) in [6.45, 7) is 2.15. The van der Waals surface area contributed by atoms with E-state index in [0.717, 1.165) is 31.2 Å². The van der Waals surface area contributed by atoms with E-state index in [1.807, 2.05) is 12.1 Å². The maximum absolute atomic E-state index is 13.3. The highest BCUT2D eigenvalue weighted by molar-refractivity contribution is 6.30. The number of hydrogen-bond donors (Lipinski definition) is 1. The summed E-state index contributed by atoms with van der Waals surface area (Å²) in [5, 5.41) is 3.68. The molecule has 0 radical (unpaired) electrons. The second-order valence-electron chi connectivity index (χ2n) is 9.23. The van der Waals surface area contributed by atoms with Crippen LogP contribution in [-0.4, -0.2) is 52.1 Å². The third-order valence-electron chi connectivity index (χ3n) is 6.79. The van der Waals surface area contributed by atoms with Gasteiger partial charge in [0.1, 0.15) is 6.04 Å². The standard InChI is InChI=1S/C27H30ClN3O4/c1-18(25(33)29-21-7-2-3-8-21)31(17-19-12-14-20(28)15-13-19)24(32)11-6-16-30-26(34)22-9-4-5-10-23(22)27(30)35/h4-5,9-10,12-15,18,21H,2-3,6-8,11,16-17H2,1H3,(H,29,33)/t18-/m1/s1. The van der Waals surface area contributed by atoms with E-state index < -0.39 is 6.04 Å². The van der Waals surface area contributed by atoms with Crippen molar-refractivity contribution in [3.8, 4) is 0 Å². The molecule has 2 aromatic rings. The third-order valence-corrected chi connectivity index (χ3v) is 7.04. The van der Waals surface area contributed by atoms with Crippen molar-refractivity contribution in [3.63, 3.8) is 0 Å². The minimum atomic E-state index is -0.655. The molecule has 1 aliphatic heterocycles. The van der Waals surface area contributed by atoms with E-state index >= 15 is 0 Å². The topological polar surface area (TPSA) is 86.8 Å². The maximum atomic E-state index is 13.3. The van der Waals surface area contributed by atoms with Crippen molar-refractivity contribution in [2.24, 2.45) is 0 Å². The Morgan fingerprint density at radius 1 is 1.03 bits per heavy atom. The summed E-state index contributed by atoms with van der Waals surface area (Å²) in [4.78, 5) is 54.2. The van der Waals surface area contributed by atoms with Gasteiger partial charge < -0.3 is 10.2 Å². The summed E-state index contributed by atoms with van der Waals surface area (Å²) in [7, 11) is 0. The van der Waals surface area contributed by atoms with Crippen LogP contribution in [0.15, 0.2) is 48.5 Å². The molecule has 184 valence electrons. The Balaban J connectivity index is 1.40. The van der Waals surface area contributed by atoms with Crippen LogP contribution in [0.2, 0.25) is 5.02 Å². The van der Waals surface area contributed by atoms with Crippen LogP contribution < -0.4 is 5.32 Å². The molecular weight excluding hydrogens is 466 g/mol. The van der Waals surface area contributed by atoms with Gasteiger partial charge in [0.25, 0.3) is 11.8 Å². The maximum Gasteiger partial charge on any atom is 0.261 e. The van der Waals surface area contributed by atoms with Crippen LogP contribution in [-0.2, 0) is 16.1 Å². The van der Waals surface area contributed by atoms with Crippen LogP contribution in [0.4, 0.5) is 0 Å². The molecule has 8 heteroatoms. The molecule has 0 bridgehead atoms. The van der Waals surface area contributed by atoms with Crippen LogP contribution in [0.5, 0.6) is 0 Å². The Morgan fingerprint density at radius 2 is 1.63 bits per heavy atom. The van der Waals surface area contributed by atoms with Gasteiger partial charge in [0.15, 0.2) is 0 Å². The van der Waals surface area contributed by atoms with E-state index in [0.29, 0.717) is 22.6 Å². The fourth-order valence-electron chi connectivity index (χ4n) is 4.74. The predicted octanol–water partition coefficient (Wildman–Crippen LogP) is 4.19. The minimum Gasteiger partial charge on any atom is -0.352 e. The molecular formula is C27H30ClN3O4. The molecule has 1 atom stereocenters. The predicted molar refractivity (Wildman–Crippen MR) is 133 cm³/mol. The van der Waals surface area contributed by atoms with Crippen LogP contribution in [0, 0.1) is 0 Å². The van der Waals surface area contributed by atoms with Gasteiger partial charge in [0, 0.05) is 30.6 Å². The lowest BCUT2D eigenvalue weighted by Crippen LogP contribution is -2.49. The molecule has 35 heavy (non-hydrogen) atoms. The lowest BCUT2D eigenvalue weighted by Gasteiger charge is -2.30. The molecule has 0 saturated heterocycles. The van der Waals surface area contributed by atoms with Gasteiger partial charge in [-0.2, -0.15) is 0 Å². The van der Waals surface area contributed by atoms with Gasteiger partial charge in [-0.25, -0.2) is 0 Å². The number of nitrogens with zero attached hydrogens (tertiary/aromatic N) is 2. The number of imide groups is 1. The van der Waals surface area contributed by atoms with Crippen molar-refractivity contribution in [2.45, 2.75) is 64.1 Å². The molecule has 1 fully saturated rings. The highest BCUT2D eigenvalue weighted by Gasteiger charge is 2.35. The normalized spacial score (nSPS) is 16.3. The zero-order valence-corrected chi connectivity index (χ0v) is 20.6. The number of hydrogen-bond acceptors (Lipinski definition) is 4. The fraction of sp³-hybridized carbons (Fsp3) is 0.407. The number of nitrogens with one attached hydrogen (secondary N) is 1. The van der Waals surface area contributed by atoms with Gasteiger partial charge in [0.05, 0.1) is 11.1 Å². The molecule has 1 aliphatic carbocycles. The molecule has 1 heterocycles. The first-order valence-electron chi connectivity index (χ1n) is 12.1. The van der Waals surface area contributed by atoms with Gasteiger partial charge in [-0.05, 0) is 56.0 Å². The number of rotatable bonds is 9. The van der Waals surface area contributed by atoms with Crippen molar-refractivity contribution in [1.29, 1.82) is 0 Å². The average molecular weight is 496 g/mol. The lowest BCUT2D eigenvalue weighted by atomic mass is 10.1. The highest BCUT2D eigenvalue weighted by atomic mass is 35.5. The Bertz CT molecular complexity index is 1080. The number of carbonyl (C=O) groups excluding carboxylic acids is 4. The summed E-state index contributed by atoms with van der Waals surface area (Å²) in [6, 6.07) is 13.4.